The Labute approximate surface area is 120 Å². The van der Waals surface area contributed by atoms with Crippen LogP contribution < -0.4 is 21.3 Å². The normalized spacial score (nSPS) is 10.2. The molecule has 0 bridgehead atoms. The Kier molecular flexibility index (Phi) is 4.22. The zero-order valence-corrected chi connectivity index (χ0v) is 11.7. The predicted molar refractivity (Wildman–Crippen MR) is 77.6 cm³/mol. The summed E-state index contributed by atoms with van der Waals surface area (Å²) in [5.41, 5.74) is -0.489. The van der Waals surface area contributed by atoms with Crippen molar-refractivity contribution in [1.82, 2.24) is 9.13 Å². The van der Waals surface area contributed by atoms with E-state index in [0.717, 1.165) is 4.57 Å². The number of hydrogen-bond donors (Lipinski definition) is 1. The second kappa shape index (κ2) is 6.08. The van der Waals surface area contributed by atoms with E-state index in [1.807, 2.05) is 0 Å². The number of nitrogens with zero attached hydrogens (tertiary/aromatic N) is 2. The number of hydrogen-bond acceptors (Lipinski definition) is 4. The van der Waals surface area contributed by atoms with Crippen molar-refractivity contribution < 1.29 is 9.53 Å². The SMILES string of the molecule is COc1ccc(NC(=O)Cn2c(=O)ccn(C)c2=O)cc1. The Bertz CT molecular complexity index is 759. The Balaban J connectivity index is 2.13. The van der Waals surface area contributed by atoms with Gasteiger partial charge in [-0.1, -0.05) is 0 Å². The number of methoxy groups -OCH3 is 1. The van der Waals surface area contributed by atoms with Gasteiger partial charge < -0.3 is 14.6 Å². The lowest BCUT2D eigenvalue weighted by Crippen LogP contribution is -2.40. The van der Waals surface area contributed by atoms with E-state index in [1.54, 1.807) is 31.4 Å². The topological polar surface area (TPSA) is 82.3 Å². The van der Waals surface area contributed by atoms with E-state index in [0.29, 0.717) is 11.4 Å². The van der Waals surface area contributed by atoms with Gasteiger partial charge in [0.25, 0.3) is 5.56 Å². The first-order valence-electron chi connectivity index (χ1n) is 6.21. The van der Waals surface area contributed by atoms with Crippen LogP contribution in [-0.4, -0.2) is 22.2 Å². The fourth-order valence-electron chi connectivity index (χ4n) is 1.78. The Morgan fingerprint density at radius 2 is 1.86 bits per heavy atom. The first kappa shape index (κ1) is 14.6. The molecule has 7 nitrogen and oxygen atoms in total. The van der Waals surface area contributed by atoms with Crippen LogP contribution in [0.2, 0.25) is 0 Å². The lowest BCUT2D eigenvalue weighted by molar-refractivity contribution is -0.116. The summed E-state index contributed by atoms with van der Waals surface area (Å²) in [4.78, 5) is 35.3. The van der Waals surface area contributed by atoms with E-state index in [4.69, 9.17) is 4.74 Å². The minimum absolute atomic E-state index is 0.335. The molecule has 0 unspecified atom stereocenters. The van der Waals surface area contributed by atoms with E-state index in [9.17, 15) is 14.4 Å². The maximum atomic E-state index is 11.9. The van der Waals surface area contributed by atoms with Gasteiger partial charge in [-0.2, -0.15) is 0 Å². The third-order valence-electron chi connectivity index (χ3n) is 2.91. The number of carbonyl (C=O) groups excluding carboxylic acids is 1. The molecule has 21 heavy (non-hydrogen) atoms. The van der Waals surface area contributed by atoms with Crippen LogP contribution in [-0.2, 0) is 18.4 Å². The molecule has 0 aliphatic rings. The smallest absolute Gasteiger partial charge is 0.331 e. The Morgan fingerprint density at radius 1 is 1.19 bits per heavy atom. The molecule has 0 saturated carbocycles. The number of aryl methyl sites for hydroxylation is 1. The molecule has 2 aromatic rings. The van der Waals surface area contributed by atoms with Crippen molar-refractivity contribution in [2.24, 2.45) is 7.05 Å². The van der Waals surface area contributed by atoms with Crippen LogP contribution in [0, 0.1) is 0 Å². The molecule has 0 aliphatic carbocycles. The summed E-state index contributed by atoms with van der Waals surface area (Å²) in [6.45, 7) is -0.335. The zero-order valence-electron chi connectivity index (χ0n) is 11.7. The maximum Gasteiger partial charge on any atom is 0.331 e. The van der Waals surface area contributed by atoms with E-state index in [1.165, 1.54) is 23.9 Å². The highest BCUT2D eigenvalue weighted by molar-refractivity contribution is 5.90. The number of benzene rings is 1. The monoisotopic (exact) mass is 289 g/mol. The van der Waals surface area contributed by atoms with Gasteiger partial charge in [0, 0.05) is 25.0 Å². The minimum Gasteiger partial charge on any atom is -0.497 e. The molecule has 0 radical (unpaired) electrons. The Hall–Kier alpha value is -2.83. The average molecular weight is 289 g/mol. The molecule has 1 amide bonds. The molecule has 0 fully saturated rings. The molecule has 110 valence electrons. The van der Waals surface area contributed by atoms with Crippen molar-refractivity contribution >= 4 is 11.6 Å². The summed E-state index contributed by atoms with van der Waals surface area (Å²) < 4.78 is 7.12. The number of rotatable bonds is 4. The van der Waals surface area contributed by atoms with Gasteiger partial charge in [-0.3, -0.25) is 14.2 Å². The molecule has 0 spiro atoms. The third-order valence-corrected chi connectivity index (χ3v) is 2.91. The number of anilines is 1. The molecule has 2 rings (SSSR count). The van der Waals surface area contributed by atoms with Crippen LogP contribution in [0.1, 0.15) is 0 Å². The molecule has 1 heterocycles. The van der Waals surface area contributed by atoms with Crippen molar-refractivity contribution in [1.29, 1.82) is 0 Å². The second-order valence-electron chi connectivity index (χ2n) is 4.41. The van der Waals surface area contributed by atoms with E-state index < -0.39 is 17.2 Å². The number of nitrogens with one attached hydrogen (secondary N) is 1. The van der Waals surface area contributed by atoms with E-state index in [2.05, 4.69) is 5.32 Å². The summed E-state index contributed by atoms with van der Waals surface area (Å²) in [6, 6.07) is 7.97. The number of carbonyl (C=O) groups is 1. The van der Waals surface area contributed by atoms with E-state index >= 15 is 0 Å². The summed E-state index contributed by atoms with van der Waals surface area (Å²) in [5, 5.41) is 2.61. The third kappa shape index (κ3) is 3.38. The molecule has 7 heteroatoms. The molecule has 1 aromatic heterocycles. The lowest BCUT2D eigenvalue weighted by atomic mass is 10.3. The van der Waals surface area contributed by atoms with E-state index in [-0.39, 0.29) is 6.54 Å². The maximum absolute atomic E-state index is 11.9. The van der Waals surface area contributed by atoms with Gasteiger partial charge in [-0.05, 0) is 24.3 Å². The first-order valence-corrected chi connectivity index (χ1v) is 6.21. The summed E-state index contributed by atoms with van der Waals surface area (Å²) in [7, 11) is 3.06. The van der Waals surface area contributed by atoms with Crippen molar-refractivity contribution in [3.05, 3.63) is 57.4 Å². The van der Waals surface area contributed by atoms with Gasteiger partial charge in [-0.15, -0.1) is 0 Å². The number of ether oxygens (including phenoxy) is 1. The van der Waals surface area contributed by atoms with Crippen molar-refractivity contribution in [3.8, 4) is 5.75 Å². The number of aromatic nitrogens is 2. The summed E-state index contributed by atoms with van der Waals surface area (Å²) in [5.74, 6) is 0.215. The lowest BCUT2D eigenvalue weighted by Gasteiger charge is -2.08. The van der Waals surface area contributed by atoms with Crippen molar-refractivity contribution in [2.75, 3.05) is 12.4 Å². The molecular formula is C14H15N3O4. The number of amides is 1. The molecule has 0 saturated heterocycles. The van der Waals surface area contributed by atoms with Crippen LogP contribution in [0.3, 0.4) is 0 Å². The average Bonchev–Trinajstić information content (AvgIpc) is 2.48. The highest BCUT2D eigenvalue weighted by Crippen LogP contribution is 2.14. The Morgan fingerprint density at radius 3 is 2.48 bits per heavy atom. The van der Waals surface area contributed by atoms with Gasteiger partial charge >= 0.3 is 5.69 Å². The second-order valence-corrected chi connectivity index (χ2v) is 4.41. The molecule has 0 aliphatic heterocycles. The molecule has 0 atom stereocenters. The first-order chi connectivity index (χ1) is 10.0. The van der Waals surface area contributed by atoms with Gasteiger partial charge in [-0.25, -0.2) is 4.79 Å². The fourth-order valence-corrected chi connectivity index (χ4v) is 1.78. The minimum atomic E-state index is -0.535. The van der Waals surface area contributed by atoms with Crippen LogP contribution in [0.15, 0.2) is 46.1 Å². The standard InChI is InChI=1S/C14H15N3O4/c1-16-8-7-13(19)17(14(16)20)9-12(18)15-10-3-5-11(21-2)6-4-10/h3-8H,9H2,1-2H3,(H,15,18). The van der Waals surface area contributed by atoms with Gasteiger partial charge in [0.05, 0.1) is 7.11 Å². The van der Waals surface area contributed by atoms with Gasteiger partial charge in [0.1, 0.15) is 12.3 Å². The highest BCUT2D eigenvalue weighted by atomic mass is 16.5. The van der Waals surface area contributed by atoms with Crippen LogP contribution in [0.25, 0.3) is 0 Å². The molecular weight excluding hydrogens is 274 g/mol. The molecule has 1 aromatic carbocycles. The largest absolute Gasteiger partial charge is 0.497 e. The van der Waals surface area contributed by atoms with Crippen molar-refractivity contribution in [3.63, 3.8) is 0 Å². The van der Waals surface area contributed by atoms with Gasteiger partial charge in [0.2, 0.25) is 5.91 Å². The predicted octanol–water partition coefficient (Wildman–Crippen LogP) is 0.194. The summed E-state index contributed by atoms with van der Waals surface area (Å²) in [6.07, 6.45) is 1.36. The van der Waals surface area contributed by atoms with Gasteiger partial charge in [0.15, 0.2) is 0 Å². The molecule has 1 N–H and O–H groups in total. The fraction of sp³-hybridized carbons (Fsp3) is 0.214. The van der Waals surface area contributed by atoms with Crippen LogP contribution in [0.5, 0.6) is 5.75 Å². The van der Waals surface area contributed by atoms with Crippen LogP contribution in [0.4, 0.5) is 5.69 Å². The van der Waals surface area contributed by atoms with Crippen LogP contribution >= 0.6 is 0 Å². The quantitative estimate of drug-likeness (QED) is 0.871. The van der Waals surface area contributed by atoms with Crippen molar-refractivity contribution in [2.45, 2.75) is 6.54 Å². The highest BCUT2D eigenvalue weighted by Gasteiger charge is 2.09. The zero-order chi connectivity index (χ0) is 15.4. The summed E-state index contributed by atoms with van der Waals surface area (Å²) >= 11 is 0.